The highest BCUT2D eigenvalue weighted by Gasteiger charge is 2.48. The first kappa shape index (κ1) is 14.1. The molecule has 1 aliphatic carbocycles. The van der Waals surface area contributed by atoms with Crippen LogP contribution in [0.2, 0.25) is 0 Å². The molecule has 1 fully saturated rings. The van der Waals surface area contributed by atoms with Crippen molar-refractivity contribution >= 4 is 11.9 Å². The average Bonchev–Trinajstić information content (AvgIpc) is 2.49. The van der Waals surface area contributed by atoms with E-state index in [9.17, 15) is 14.7 Å². The molecule has 2 atom stereocenters. The molecule has 1 N–H and O–H groups in total. The molecule has 0 spiro atoms. The van der Waals surface area contributed by atoms with Gasteiger partial charge in [0.25, 0.3) is 5.91 Å². The Kier molecular flexibility index (Phi) is 3.47. The van der Waals surface area contributed by atoms with E-state index in [-0.39, 0.29) is 11.9 Å². The Balaban J connectivity index is 1.93. The summed E-state index contributed by atoms with van der Waals surface area (Å²) < 4.78 is 0. The van der Waals surface area contributed by atoms with Gasteiger partial charge in [0.1, 0.15) is 0 Å². The fourth-order valence-corrected chi connectivity index (χ4v) is 3.81. The van der Waals surface area contributed by atoms with E-state index in [2.05, 4.69) is 0 Å². The lowest BCUT2D eigenvalue weighted by Crippen LogP contribution is -2.56. The standard InChI is InChI=1S/C17H21NO3/c1-17(16(20)21)10-5-4-8-14(17)18-11-9-12-6-2-3-7-13(12)15(18)19/h2-3,6-7,14H,4-5,8-11H2,1H3,(H,20,21). The number of carbonyl (C=O) groups is 2. The largest absolute Gasteiger partial charge is 0.481 e. The van der Waals surface area contributed by atoms with Gasteiger partial charge in [-0.15, -0.1) is 0 Å². The van der Waals surface area contributed by atoms with Crippen LogP contribution in [0.15, 0.2) is 24.3 Å². The van der Waals surface area contributed by atoms with Crippen LogP contribution in [-0.2, 0) is 11.2 Å². The molecule has 21 heavy (non-hydrogen) atoms. The van der Waals surface area contributed by atoms with Crippen LogP contribution >= 0.6 is 0 Å². The number of hydrogen-bond donors (Lipinski definition) is 1. The van der Waals surface area contributed by atoms with E-state index >= 15 is 0 Å². The van der Waals surface area contributed by atoms with E-state index in [0.29, 0.717) is 13.0 Å². The number of rotatable bonds is 2. The van der Waals surface area contributed by atoms with Crippen molar-refractivity contribution in [3.05, 3.63) is 35.4 Å². The summed E-state index contributed by atoms with van der Waals surface area (Å²) in [7, 11) is 0. The molecule has 0 radical (unpaired) electrons. The van der Waals surface area contributed by atoms with E-state index in [4.69, 9.17) is 0 Å². The fourth-order valence-electron chi connectivity index (χ4n) is 3.81. The van der Waals surface area contributed by atoms with E-state index in [1.54, 1.807) is 6.92 Å². The molecular weight excluding hydrogens is 266 g/mol. The smallest absolute Gasteiger partial charge is 0.311 e. The maximum atomic E-state index is 12.8. The SMILES string of the molecule is CC1(C(=O)O)CCCCC1N1CCc2ccccc2C1=O. The lowest BCUT2D eigenvalue weighted by molar-refractivity contribution is -0.154. The van der Waals surface area contributed by atoms with Crippen molar-refractivity contribution in [1.82, 2.24) is 4.90 Å². The third kappa shape index (κ3) is 2.23. The minimum Gasteiger partial charge on any atom is -0.481 e. The van der Waals surface area contributed by atoms with E-state index in [1.165, 1.54) is 0 Å². The van der Waals surface area contributed by atoms with Crippen LogP contribution in [-0.4, -0.2) is 34.5 Å². The number of aliphatic carboxylic acids is 1. The highest BCUT2D eigenvalue weighted by atomic mass is 16.4. The average molecular weight is 287 g/mol. The van der Waals surface area contributed by atoms with Gasteiger partial charge in [0.2, 0.25) is 0 Å². The molecule has 3 rings (SSSR count). The molecule has 2 unspecified atom stereocenters. The molecule has 4 heteroatoms. The first-order valence-corrected chi connectivity index (χ1v) is 7.66. The predicted octanol–water partition coefficient (Wildman–Crippen LogP) is 2.72. The molecule has 2 aliphatic rings. The number of carbonyl (C=O) groups excluding carboxylic acids is 1. The molecule has 1 aliphatic heterocycles. The monoisotopic (exact) mass is 287 g/mol. The van der Waals surface area contributed by atoms with E-state index in [0.717, 1.165) is 36.8 Å². The maximum absolute atomic E-state index is 12.8. The second-order valence-electron chi connectivity index (χ2n) is 6.39. The molecule has 1 amide bonds. The Bertz CT molecular complexity index is 583. The molecule has 1 aromatic rings. The number of carboxylic acids is 1. The third-order valence-electron chi connectivity index (χ3n) is 5.15. The summed E-state index contributed by atoms with van der Waals surface area (Å²) in [5.41, 5.74) is 0.994. The summed E-state index contributed by atoms with van der Waals surface area (Å²) in [6, 6.07) is 7.47. The zero-order chi connectivity index (χ0) is 15.0. The minimum atomic E-state index is -0.819. The summed E-state index contributed by atoms with van der Waals surface area (Å²) in [5, 5.41) is 9.64. The number of fused-ring (bicyclic) bond motifs is 1. The first-order valence-electron chi connectivity index (χ1n) is 7.66. The van der Waals surface area contributed by atoms with Crippen molar-refractivity contribution < 1.29 is 14.7 Å². The highest BCUT2D eigenvalue weighted by molar-refractivity contribution is 5.97. The third-order valence-corrected chi connectivity index (χ3v) is 5.15. The molecule has 4 nitrogen and oxygen atoms in total. The van der Waals surface area contributed by atoms with Crippen molar-refractivity contribution in [2.24, 2.45) is 5.41 Å². The Hall–Kier alpha value is -1.84. The molecule has 0 saturated heterocycles. The van der Waals surface area contributed by atoms with Crippen molar-refractivity contribution in [3.63, 3.8) is 0 Å². The molecule has 1 aromatic carbocycles. The topological polar surface area (TPSA) is 57.6 Å². The molecule has 0 bridgehead atoms. The summed E-state index contributed by atoms with van der Waals surface area (Å²) in [4.78, 5) is 26.3. The Morgan fingerprint density at radius 1 is 1.33 bits per heavy atom. The normalized spacial score (nSPS) is 29.1. The number of amides is 1. The van der Waals surface area contributed by atoms with Crippen molar-refractivity contribution in [2.75, 3.05) is 6.54 Å². The zero-order valence-electron chi connectivity index (χ0n) is 12.3. The molecular formula is C17H21NO3. The van der Waals surface area contributed by atoms with Crippen LogP contribution in [0.1, 0.15) is 48.5 Å². The van der Waals surface area contributed by atoms with Crippen LogP contribution in [0.4, 0.5) is 0 Å². The van der Waals surface area contributed by atoms with Gasteiger partial charge in [-0.05, 0) is 37.8 Å². The maximum Gasteiger partial charge on any atom is 0.311 e. The van der Waals surface area contributed by atoms with Crippen molar-refractivity contribution in [2.45, 2.75) is 45.1 Å². The summed E-state index contributed by atoms with van der Waals surface area (Å²) in [6.45, 7) is 2.43. The predicted molar refractivity (Wildman–Crippen MR) is 79.2 cm³/mol. The Labute approximate surface area is 124 Å². The minimum absolute atomic E-state index is 0.00350. The van der Waals surface area contributed by atoms with Crippen LogP contribution in [0.3, 0.4) is 0 Å². The van der Waals surface area contributed by atoms with Gasteiger partial charge in [-0.1, -0.05) is 31.0 Å². The van der Waals surface area contributed by atoms with E-state index < -0.39 is 11.4 Å². The van der Waals surface area contributed by atoms with Gasteiger partial charge in [-0.25, -0.2) is 0 Å². The summed E-state index contributed by atoms with van der Waals surface area (Å²) in [6.07, 6.45) is 4.18. The van der Waals surface area contributed by atoms with E-state index in [1.807, 2.05) is 29.2 Å². The zero-order valence-corrected chi connectivity index (χ0v) is 12.3. The highest BCUT2D eigenvalue weighted by Crippen LogP contribution is 2.41. The number of benzene rings is 1. The number of carboxylic acid groups (broad SMARTS) is 1. The second-order valence-corrected chi connectivity index (χ2v) is 6.39. The summed E-state index contributed by atoms with van der Waals surface area (Å²) in [5.74, 6) is -0.782. The van der Waals surface area contributed by atoms with Gasteiger partial charge in [-0.3, -0.25) is 9.59 Å². The van der Waals surface area contributed by atoms with Gasteiger partial charge < -0.3 is 10.0 Å². The van der Waals surface area contributed by atoms with Crippen molar-refractivity contribution in [3.8, 4) is 0 Å². The molecule has 1 saturated carbocycles. The van der Waals surface area contributed by atoms with Crippen LogP contribution in [0.25, 0.3) is 0 Å². The lowest BCUT2D eigenvalue weighted by Gasteiger charge is -2.46. The van der Waals surface area contributed by atoms with Gasteiger partial charge in [-0.2, -0.15) is 0 Å². The quantitative estimate of drug-likeness (QED) is 0.910. The Morgan fingerprint density at radius 2 is 2.10 bits per heavy atom. The van der Waals surface area contributed by atoms with Crippen LogP contribution in [0, 0.1) is 5.41 Å². The van der Waals surface area contributed by atoms with Crippen LogP contribution in [0.5, 0.6) is 0 Å². The number of hydrogen-bond acceptors (Lipinski definition) is 2. The molecule has 0 aromatic heterocycles. The first-order chi connectivity index (χ1) is 10.0. The van der Waals surface area contributed by atoms with Gasteiger partial charge in [0.05, 0.1) is 5.41 Å². The van der Waals surface area contributed by atoms with Gasteiger partial charge in [0.15, 0.2) is 0 Å². The Morgan fingerprint density at radius 3 is 2.86 bits per heavy atom. The lowest BCUT2D eigenvalue weighted by atomic mass is 9.70. The fraction of sp³-hybridized carbons (Fsp3) is 0.529. The van der Waals surface area contributed by atoms with Gasteiger partial charge >= 0.3 is 5.97 Å². The van der Waals surface area contributed by atoms with Crippen molar-refractivity contribution in [1.29, 1.82) is 0 Å². The second kappa shape index (κ2) is 5.17. The van der Waals surface area contributed by atoms with Crippen LogP contribution < -0.4 is 0 Å². The summed E-state index contributed by atoms with van der Waals surface area (Å²) >= 11 is 0. The molecule has 112 valence electrons. The van der Waals surface area contributed by atoms with Gasteiger partial charge in [0, 0.05) is 18.2 Å². The molecule has 1 heterocycles. The number of nitrogens with zero attached hydrogens (tertiary/aromatic N) is 1.